The van der Waals surface area contributed by atoms with Crippen LogP contribution in [-0.2, 0) is 17.8 Å². The van der Waals surface area contributed by atoms with Gasteiger partial charge in [0.2, 0.25) is 5.91 Å². The summed E-state index contributed by atoms with van der Waals surface area (Å²) in [5.74, 6) is -0.799. The topological polar surface area (TPSA) is 56.8 Å². The highest BCUT2D eigenvalue weighted by molar-refractivity contribution is 5.78. The molecule has 0 aliphatic heterocycles. The monoisotopic (exact) mass is 405 g/mol. The number of methoxy groups -OCH3 is 1. The zero-order valence-electron chi connectivity index (χ0n) is 14.6. The molecular weight excluding hydrogens is 389 g/mol. The summed E-state index contributed by atoms with van der Waals surface area (Å²) in [6.45, 7) is -2.90. The number of amides is 1. The number of ether oxygens (including phenoxy) is 3. The van der Waals surface area contributed by atoms with Gasteiger partial charge in [0.1, 0.15) is 5.75 Å². The van der Waals surface area contributed by atoms with Crippen LogP contribution in [0, 0.1) is 0 Å². The van der Waals surface area contributed by atoms with E-state index in [2.05, 4.69) is 14.8 Å². The summed E-state index contributed by atoms with van der Waals surface area (Å²) in [6, 6.07) is 9.16. The van der Waals surface area contributed by atoms with E-state index in [1.807, 2.05) is 0 Å². The molecule has 0 aliphatic carbocycles. The maximum Gasteiger partial charge on any atom is 0.573 e. The van der Waals surface area contributed by atoms with Gasteiger partial charge in [-0.2, -0.15) is 8.78 Å². The molecule has 2 aromatic carbocycles. The van der Waals surface area contributed by atoms with Crippen LogP contribution >= 0.6 is 0 Å². The molecule has 2 rings (SSSR count). The molecule has 0 spiro atoms. The minimum absolute atomic E-state index is 0.0595. The van der Waals surface area contributed by atoms with Gasteiger partial charge in [-0.05, 0) is 35.4 Å². The van der Waals surface area contributed by atoms with E-state index in [1.165, 1.54) is 37.4 Å². The molecule has 0 saturated carbocycles. The van der Waals surface area contributed by atoms with E-state index in [1.54, 1.807) is 0 Å². The molecule has 0 atom stereocenters. The summed E-state index contributed by atoms with van der Waals surface area (Å²) in [5, 5.41) is 2.62. The van der Waals surface area contributed by atoms with Crippen molar-refractivity contribution in [2.45, 2.75) is 25.9 Å². The van der Waals surface area contributed by atoms with Crippen LogP contribution in [0.2, 0.25) is 0 Å². The Hall–Kier alpha value is -3.04. The van der Waals surface area contributed by atoms with Gasteiger partial charge in [-0.3, -0.25) is 4.79 Å². The minimum Gasteiger partial charge on any atom is -0.493 e. The summed E-state index contributed by atoms with van der Waals surface area (Å²) >= 11 is 0. The molecule has 0 aromatic heterocycles. The van der Waals surface area contributed by atoms with Crippen LogP contribution in [0.15, 0.2) is 42.5 Å². The summed E-state index contributed by atoms with van der Waals surface area (Å²) in [6.07, 6.45) is -4.84. The van der Waals surface area contributed by atoms with E-state index < -0.39 is 13.0 Å². The van der Waals surface area contributed by atoms with Crippen molar-refractivity contribution in [2.75, 3.05) is 7.11 Å². The van der Waals surface area contributed by atoms with E-state index in [9.17, 15) is 26.7 Å². The van der Waals surface area contributed by atoms with Crippen LogP contribution in [0.3, 0.4) is 0 Å². The van der Waals surface area contributed by atoms with Crippen LogP contribution in [0.25, 0.3) is 0 Å². The van der Waals surface area contributed by atoms with Crippen molar-refractivity contribution in [3.8, 4) is 17.2 Å². The lowest BCUT2D eigenvalue weighted by atomic mass is 10.1. The smallest absolute Gasteiger partial charge is 0.493 e. The lowest BCUT2D eigenvalue weighted by Crippen LogP contribution is -2.24. The number of nitrogens with one attached hydrogen (secondary N) is 1. The van der Waals surface area contributed by atoms with Crippen LogP contribution in [-0.4, -0.2) is 26.0 Å². The van der Waals surface area contributed by atoms with Gasteiger partial charge in [0.05, 0.1) is 13.5 Å². The third-order valence-corrected chi connectivity index (χ3v) is 3.46. The van der Waals surface area contributed by atoms with Crippen molar-refractivity contribution in [1.82, 2.24) is 5.32 Å². The van der Waals surface area contributed by atoms with Gasteiger partial charge in [-0.25, -0.2) is 0 Å². The second-order valence-corrected chi connectivity index (χ2v) is 5.51. The molecule has 1 N–H and O–H groups in total. The van der Waals surface area contributed by atoms with Gasteiger partial charge in [0.15, 0.2) is 11.5 Å². The highest BCUT2D eigenvalue weighted by Crippen LogP contribution is 2.29. The van der Waals surface area contributed by atoms with Crippen molar-refractivity contribution in [3.63, 3.8) is 0 Å². The average Bonchev–Trinajstić information content (AvgIpc) is 2.61. The highest BCUT2D eigenvalue weighted by atomic mass is 19.4. The van der Waals surface area contributed by atoms with E-state index in [-0.39, 0.29) is 36.1 Å². The zero-order chi connectivity index (χ0) is 20.7. The number of alkyl halides is 5. The van der Waals surface area contributed by atoms with Crippen molar-refractivity contribution < 1.29 is 41.0 Å². The molecule has 5 nitrogen and oxygen atoms in total. The normalized spacial score (nSPS) is 11.2. The Morgan fingerprint density at radius 1 is 1.04 bits per heavy atom. The summed E-state index contributed by atoms with van der Waals surface area (Å²) in [5.41, 5.74) is 1.08. The molecule has 2 aromatic rings. The number of rotatable bonds is 8. The fourth-order valence-electron chi connectivity index (χ4n) is 2.27. The Balaban J connectivity index is 1.90. The van der Waals surface area contributed by atoms with Crippen molar-refractivity contribution in [3.05, 3.63) is 53.6 Å². The molecule has 0 heterocycles. The molecule has 0 unspecified atom stereocenters. The van der Waals surface area contributed by atoms with Gasteiger partial charge in [-0.1, -0.05) is 18.2 Å². The number of halogens is 5. The maximum absolute atomic E-state index is 12.3. The van der Waals surface area contributed by atoms with Crippen LogP contribution in [0.1, 0.15) is 11.1 Å². The van der Waals surface area contributed by atoms with E-state index in [0.29, 0.717) is 11.1 Å². The molecule has 28 heavy (non-hydrogen) atoms. The first-order valence-electron chi connectivity index (χ1n) is 7.89. The fraction of sp³-hybridized carbons (Fsp3) is 0.278. The highest BCUT2D eigenvalue weighted by Gasteiger charge is 2.30. The van der Waals surface area contributed by atoms with Gasteiger partial charge < -0.3 is 19.5 Å². The Morgan fingerprint density at radius 3 is 2.25 bits per heavy atom. The Morgan fingerprint density at radius 2 is 1.68 bits per heavy atom. The molecule has 1 amide bonds. The quantitative estimate of drug-likeness (QED) is 0.674. The summed E-state index contributed by atoms with van der Waals surface area (Å²) in [7, 11) is 1.29. The van der Waals surface area contributed by atoms with Gasteiger partial charge in [0.25, 0.3) is 0 Å². The second kappa shape index (κ2) is 9.25. The molecule has 0 saturated heterocycles. The molecular formula is C18H16F5NO4. The van der Waals surface area contributed by atoms with Crippen molar-refractivity contribution in [2.24, 2.45) is 0 Å². The Kier molecular flexibility index (Phi) is 7.02. The maximum atomic E-state index is 12.3. The lowest BCUT2D eigenvalue weighted by molar-refractivity contribution is -0.274. The number of hydrogen-bond donors (Lipinski definition) is 1. The van der Waals surface area contributed by atoms with Crippen molar-refractivity contribution >= 4 is 5.91 Å². The molecule has 0 aliphatic rings. The third kappa shape index (κ3) is 6.93. The first kappa shape index (κ1) is 21.3. The predicted molar refractivity (Wildman–Crippen MR) is 88.3 cm³/mol. The standard InChI is InChI=1S/C18H16F5NO4/c1-26-15-8-12(4-7-14(15)27-17(19)20)10-24-16(25)9-11-2-5-13(6-3-11)28-18(21,22)23/h2-8,17H,9-10H2,1H3,(H,24,25). The Bertz CT molecular complexity index is 794. The number of benzene rings is 2. The molecule has 152 valence electrons. The van der Waals surface area contributed by atoms with Crippen LogP contribution < -0.4 is 19.5 Å². The second-order valence-electron chi connectivity index (χ2n) is 5.51. The fourth-order valence-corrected chi connectivity index (χ4v) is 2.27. The zero-order valence-corrected chi connectivity index (χ0v) is 14.6. The number of carbonyl (C=O) groups excluding carboxylic acids is 1. The Labute approximate surface area is 157 Å². The largest absolute Gasteiger partial charge is 0.573 e. The molecule has 10 heteroatoms. The van der Waals surface area contributed by atoms with E-state index in [0.717, 1.165) is 12.1 Å². The molecule has 0 fully saturated rings. The first-order chi connectivity index (χ1) is 13.2. The van der Waals surface area contributed by atoms with Gasteiger partial charge in [0, 0.05) is 6.54 Å². The SMILES string of the molecule is COc1cc(CNC(=O)Cc2ccc(OC(F)(F)F)cc2)ccc1OC(F)F. The number of hydrogen-bond acceptors (Lipinski definition) is 4. The predicted octanol–water partition coefficient (Wildman–Crippen LogP) is 4.05. The lowest BCUT2D eigenvalue weighted by Gasteiger charge is -2.12. The van der Waals surface area contributed by atoms with Crippen molar-refractivity contribution in [1.29, 1.82) is 0 Å². The summed E-state index contributed by atoms with van der Waals surface area (Å²) < 4.78 is 74.0. The van der Waals surface area contributed by atoms with Gasteiger partial charge >= 0.3 is 13.0 Å². The summed E-state index contributed by atoms with van der Waals surface area (Å²) in [4.78, 5) is 12.0. The van der Waals surface area contributed by atoms with E-state index in [4.69, 9.17) is 4.74 Å². The number of carbonyl (C=O) groups is 1. The van der Waals surface area contributed by atoms with E-state index >= 15 is 0 Å². The molecule has 0 bridgehead atoms. The third-order valence-electron chi connectivity index (χ3n) is 3.46. The van der Waals surface area contributed by atoms with Crippen LogP contribution in [0.5, 0.6) is 17.2 Å². The average molecular weight is 405 g/mol. The van der Waals surface area contributed by atoms with Gasteiger partial charge in [-0.15, -0.1) is 13.2 Å². The van der Waals surface area contributed by atoms with Crippen LogP contribution in [0.4, 0.5) is 22.0 Å². The molecule has 0 radical (unpaired) electrons. The first-order valence-corrected chi connectivity index (χ1v) is 7.89. The minimum atomic E-state index is -4.78.